The number of halogens is 2. The lowest BCUT2D eigenvalue weighted by molar-refractivity contribution is -0.187. The molecular weight excluding hydrogens is 328 g/mol. The van der Waals surface area contributed by atoms with Gasteiger partial charge in [-0.25, -0.2) is 5.10 Å². The van der Waals surface area contributed by atoms with E-state index in [0.717, 1.165) is 5.39 Å². The first-order valence-corrected chi connectivity index (χ1v) is 7.39. The SMILES string of the molecule is FC(F)(Oc1cccc2ccccc12)c1ccc(-c2nnn[nH]2)cn1. The Bertz CT molecular complexity index is 998. The van der Waals surface area contributed by atoms with E-state index in [2.05, 4.69) is 25.6 Å². The standard InChI is InChI=1S/C17H11F2N5O/c18-17(19,15-9-8-12(10-20-15)16-21-23-24-22-16)25-14-7-3-5-11-4-1-2-6-13(11)14/h1-10H,(H,21,22,23,24). The fraction of sp³-hybridized carbons (Fsp3) is 0.0588. The summed E-state index contributed by atoms with van der Waals surface area (Å²) in [7, 11) is 0. The third-order valence-electron chi connectivity index (χ3n) is 3.67. The summed E-state index contributed by atoms with van der Waals surface area (Å²) < 4.78 is 34.0. The molecule has 0 aliphatic rings. The van der Waals surface area contributed by atoms with Crippen LogP contribution in [0.1, 0.15) is 5.69 Å². The average molecular weight is 339 g/mol. The molecule has 0 aliphatic carbocycles. The van der Waals surface area contributed by atoms with Crippen LogP contribution in [0, 0.1) is 0 Å². The third kappa shape index (κ3) is 2.89. The lowest BCUT2D eigenvalue weighted by atomic mass is 10.1. The average Bonchev–Trinajstić information content (AvgIpc) is 3.17. The van der Waals surface area contributed by atoms with Crippen molar-refractivity contribution in [1.29, 1.82) is 0 Å². The Morgan fingerprint density at radius 1 is 0.960 bits per heavy atom. The highest BCUT2D eigenvalue weighted by atomic mass is 19.3. The second kappa shape index (κ2) is 5.90. The van der Waals surface area contributed by atoms with Crippen LogP contribution in [0.3, 0.4) is 0 Å². The number of nitrogens with one attached hydrogen (secondary N) is 1. The van der Waals surface area contributed by atoms with Gasteiger partial charge in [0.1, 0.15) is 5.75 Å². The third-order valence-corrected chi connectivity index (χ3v) is 3.67. The molecule has 0 amide bonds. The molecule has 6 nitrogen and oxygen atoms in total. The molecule has 0 unspecified atom stereocenters. The number of nitrogens with zero attached hydrogens (tertiary/aromatic N) is 4. The van der Waals surface area contributed by atoms with Crippen molar-refractivity contribution in [2.24, 2.45) is 0 Å². The van der Waals surface area contributed by atoms with Crippen LogP contribution in [0.15, 0.2) is 60.8 Å². The number of alkyl halides is 2. The Labute approximate surface area is 140 Å². The topological polar surface area (TPSA) is 76.6 Å². The van der Waals surface area contributed by atoms with Crippen molar-refractivity contribution < 1.29 is 13.5 Å². The predicted molar refractivity (Wildman–Crippen MR) is 85.9 cm³/mol. The molecule has 2 aromatic heterocycles. The van der Waals surface area contributed by atoms with Gasteiger partial charge in [0.15, 0.2) is 11.5 Å². The number of fused-ring (bicyclic) bond motifs is 1. The number of rotatable bonds is 4. The number of ether oxygens (including phenoxy) is 1. The van der Waals surface area contributed by atoms with Gasteiger partial charge >= 0.3 is 6.11 Å². The van der Waals surface area contributed by atoms with Gasteiger partial charge in [0.25, 0.3) is 0 Å². The van der Waals surface area contributed by atoms with Gasteiger partial charge in [-0.2, -0.15) is 8.78 Å². The van der Waals surface area contributed by atoms with Gasteiger partial charge in [0, 0.05) is 17.1 Å². The van der Waals surface area contributed by atoms with Crippen LogP contribution >= 0.6 is 0 Å². The zero-order chi connectivity index (χ0) is 17.3. The summed E-state index contributed by atoms with van der Waals surface area (Å²) in [6.45, 7) is 0. The Hall–Kier alpha value is -3.42. The molecule has 2 aromatic carbocycles. The Kier molecular flexibility index (Phi) is 3.57. The van der Waals surface area contributed by atoms with Crippen molar-refractivity contribution >= 4 is 10.8 Å². The van der Waals surface area contributed by atoms with Crippen LogP contribution in [0.25, 0.3) is 22.2 Å². The summed E-state index contributed by atoms with van der Waals surface area (Å²) in [5.74, 6) is 0.436. The molecule has 0 atom stereocenters. The molecule has 0 aliphatic heterocycles. The Morgan fingerprint density at radius 3 is 2.56 bits per heavy atom. The molecule has 0 bridgehead atoms. The highest BCUT2D eigenvalue weighted by Crippen LogP contribution is 2.34. The van der Waals surface area contributed by atoms with Crippen molar-refractivity contribution in [3.63, 3.8) is 0 Å². The molecular formula is C17H11F2N5O. The normalized spacial score (nSPS) is 11.6. The maximum Gasteiger partial charge on any atom is 0.444 e. The Morgan fingerprint density at radius 2 is 1.80 bits per heavy atom. The summed E-state index contributed by atoms with van der Waals surface area (Å²) in [5, 5.41) is 14.5. The first kappa shape index (κ1) is 15.1. The number of aromatic nitrogens is 5. The monoisotopic (exact) mass is 339 g/mol. The zero-order valence-corrected chi connectivity index (χ0v) is 12.7. The fourth-order valence-electron chi connectivity index (χ4n) is 2.46. The van der Waals surface area contributed by atoms with E-state index >= 15 is 0 Å². The van der Waals surface area contributed by atoms with E-state index in [-0.39, 0.29) is 5.75 Å². The minimum Gasteiger partial charge on any atom is -0.427 e. The fourth-order valence-corrected chi connectivity index (χ4v) is 2.46. The van der Waals surface area contributed by atoms with E-state index < -0.39 is 11.8 Å². The number of aromatic amines is 1. The van der Waals surface area contributed by atoms with Crippen molar-refractivity contribution in [2.45, 2.75) is 6.11 Å². The smallest absolute Gasteiger partial charge is 0.427 e. The van der Waals surface area contributed by atoms with Gasteiger partial charge in [0.2, 0.25) is 0 Å². The largest absolute Gasteiger partial charge is 0.444 e. The van der Waals surface area contributed by atoms with Gasteiger partial charge in [-0.3, -0.25) is 4.98 Å². The van der Waals surface area contributed by atoms with Crippen LogP contribution in [0.5, 0.6) is 5.75 Å². The molecule has 4 rings (SSSR count). The predicted octanol–water partition coefficient (Wildman–Crippen LogP) is 3.54. The Balaban J connectivity index is 1.65. The molecule has 4 aromatic rings. The number of hydrogen-bond donors (Lipinski definition) is 1. The van der Waals surface area contributed by atoms with Crippen molar-refractivity contribution in [1.82, 2.24) is 25.6 Å². The minimum atomic E-state index is -3.58. The maximum atomic E-state index is 14.5. The van der Waals surface area contributed by atoms with Gasteiger partial charge < -0.3 is 4.74 Å². The molecule has 0 saturated carbocycles. The summed E-state index contributed by atoms with van der Waals surface area (Å²) in [6, 6.07) is 14.8. The number of benzene rings is 2. The number of H-pyrrole nitrogens is 1. The molecule has 0 spiro atoms. The number of pyridine rings is 1. The first-order chi connectivity index (χ1) is 12.1. The van der Waals surface area contributed by atoms with E-state index in [0.29, 0.717) is 16.8 Å². The molecule has 1 N–H and O–H groups in total. The quantitative estimate of drug-likeness (QED) is 0.615. The zero-order valence-electron chi connectivity index (χ0n) is 12.7. The first-order valence-electron chi connectivity index (χ1n) is 7.39. The summed E-state index contributed by atoms with van der Waals surface area (Å²) >= 11 is 0. The van der Waals surface area contributed by atoms with Gasteiger partial charge in [-0.1, -0.05) is 36.4 Å². The number of hydrogen-bond acceptors (Lipinski definition) is 5. The summed E-state index contributed by atoms with van der Waals surface area (Å²) in [5.41, 5.74) is -0.00799. The second-order valence-corrected chi connectivity index (χ2v) is 5.28. The highest BCUT2D eigenvalue weighted by molar-refractivity contribution is 5.88. The van der Waals surface area contributed by atoms with Gasteiger partial charge in [0.05, 0.1) is 0 Å². The molecule has 2 heterocycles. The maximum absolute atomic E-state index is 14.5. The van der Waals surface area contributed by atoms with E-state index in [1.54, 1.807) is 18.2 Å². The lowest BCUT2D eigenvalue weighted by Gasteiger charge is -2.18. The van der Waals surface area contributed by atoms with Crippen LogP contribution < -0.4 is 4.74 Å². The van der Waals surface area contributed by atoms with E-state index in [9.17, 15) is 8.78 Å². The molecule has 0 radical (unpaired) electrons. The van der Waals surface area contributed by atoms with E-state index in [4.69, 9.17) is 4.74 Å². The van der Waals surface area contributed by atoms with Crippen LogP contribution in [0.4, 0.5) is 8.78 Å². The second-order valence-electron chi connectivity index (χ2n) is 5.28. The lowest BCUT2D eigenvalue weighted by Crippen LogP contribution is -2.23. The molecule has 0 saturated heterocycles. The minimum absolute atomic E-state index is 0.0911. The van der Waals surface area contributed by atoms with E-state index in [1.165, 1.54) is 24.4 Å². The molecule has 124 valence electrons. The van der Waals surface area contributed by atoms with Gasteiger partial charge in [-0.05, 0) is 34.0 Å². The van der Waals surface area contributed by atoms with Crippen LogP contribution in [0.2, 0.25) is 0 Å². The van der Waals surface area contributed by atoms with Crippen molar-refractivity contribution in [2.75, 3.05) is 0 Å². The van der Waals surface area contributed by atoms with Crippen molar-refractivity contribution in [3.8, 4) is 17.1 Å². The van der Waals surface area contributed by atoms with Gasteiger partial charge in [-0.15, -0.1) is 5.10 Å². The molecule has 0 fully saturated rings. The van der Waals surface area contributed by atoms with Crippen molar-refractivity contribution in [3.05, 3.63) is 66.5 Å². The summed E-state index contributed by atoms with van der Waals surface area (Å²) in [4.78, 5) is 3.79. The van der Waals surface area contributed by atoms with Crippen LogP contribution in [-0.4, -0.2) is 25.6 Å². The highest BCUT2D eigenvalue weighted by Gasteiger charge is 2.36. The van der Waals surface area contributed by atoms with E-state index in [1.807, 2.05) is 18.2 Å². The summed E-state index contributed by atoms with van der Waals surface area (Å²) in [6.07, 6.45) is -2.32. The number of tetrazole rings is 1. The molecule has 8 heteroatoms. The molecule has 25 heavy (non-hydrogen) atoms. The van der Waals surface area contributed by atoms with Crippen LogP contribution in [-0.2, 0) is 6.11 Å².